The van der Waals surface area contributed by atoms with Gasteiger partial charge in [0.1, 0.15) is 0 Å². The summed E-state index contributed by atoms with van der Waals surface area (Å²) in [4.78, 5) is 37.4. The average Bonchev–Trinajstić information content (AvgIpc) is 2.77. The van der Waals surface area contributed by atoms with Gasteiger partial charge in [0.05, 0.1) is 13.0 Å². The highest BCUT2D eigenvalue weighted by Crippen LogP contribution is 2.37. The number of amides is 2. The van der Waals surface area contributed by atoms with Gasteiger partial charge in [0.15, 0.2) is 0 Å². The molecule has 1 unspecified atom stereocenters. The van der Waals surface area contributed by atoms with E-state index in [2.05, 4.69) is 0 Å². The van der Waals surface area contributed by atoms with Gasteiger partial charge in [-0.05, 0) is 11.6 Å². The molecule has 1 aliphatic heterocycles. The summed E-state index contributed by atoms with van der Waals surface area (Å²) < 4.78 is 0. The fraction of sp³-hybridized carbons (Fsp3) is 0.400. The predicted octanol–water partition coefficient (Wildman–Crippen LogP) is 1.07. The molecule has 0 radical (unpaired) electrons. The zero-order valence-electron chi connectivity index (χ0n) is 12.1. The van der Waals surface area contributed by atoms with Crippen LogP contribution in [0.5, 0.6) is 0 Å². The van der Waals surface area contributed by atoms with Gasteiger partial charge in [-0.25, -0.2) is 0 Å². The second-order valence-corrected chi connectivity index (χ2v) is 5.23. The molecule has 6 heteroatoms. The first-order valence-corrected chi connectivity index (χ1v) is 6.73. The lowest BCUT2D eigenvalue weighted by Crippen LogP contribution is -2.40. The summed E-state index contributed by atoms with van der Waals surface area (Å²) in [5, 5.41) is 8.99. The number of aliphatic carboxylic acids is 1. The van der Waals surface area contributed by atoms with Crippen LogP contribution < -0.4 is 4.90 Å². The topological polar surface area (TPSA) is 77.9 Å². The molecule has 1 N–H and O–H groups in total. The summed E-state index contributed by atoms with van der Waals surface area (Å²) in [6.45, 7) is 1.73. The van der Waals surface area contributed by atoms with Crippen LogP contribution in [0.3, 0.4) is 0 Å². The highest BCUT2D eigenvalue weighted by molar-refractivity contribution is 5.98. The van der Waals surface area contributed by atoms with Crippen molar-refractivity contribution in [2.24, 2.45) is 0 Å². The first-order chi connectivity index (χ1) is 9.90. The molecule has 1 atom stereocenters. The number of fused-ring (bicyclic) bond motifs is 1. The maximum atomic E-state index is 12.3. The van der Waals surface area contributed by atoms with Gasteiger partial charge >= 0.3 is 5.97 Å². The predicted molar refractivity (Wildman–Crippen MR) is 77.1 cm³/mol. The third kappa shape index (κ3) is 3.21. The highest BCUT2D eigenvalue weighted by atomic mass is 16.4. The number of carboxylic acid groups (broad SMARTS) is 1. The van der Waals surface area contributed by atoms with E-state index in [0.717, 1.165) is 11.3 Å². The smallest absolute Gasteiger partial charge is 0.304 e. The van der Waals surface area contributed by atoms with E-state index in [1.165, 1.54) is 11.8 Å². The Bertz CT molecular complexity index is 585. The molecule has 0 saturated heterocycles. The number of carbonyl (C=O) groups is 3. The normalized spacial score (nSPS) is 16.5. The third-order valence-corrected chi connectivity index (χ3v) is 3.70. The van der Waals surface area contributed by atoms with Crippen molar-refractivity contribution in [3.8, 4) is 0 Å². The first kappa shape index (κ1) is 15.0. The number of carbonyl (C=O) groups excluding carboxylic acids is 2. The molecule has 1 aromatic carbocycles. The lowest BCUT2D eigenvalue weighted by atomic mass is 9.98. The Morgan fingerprint density at radius 2 is 2.00 bits per heavy atom. The molecule has 0 bridgehead atoms. The fourth-order valence-electron chi connectivity index (χ4n) is 2.52. The van der Waals surface area contributed by atoms with Crippen LogP contribution in [0.4, 0.5) is 5.69 Å². The second kappa shape index (κ2) is 5.95. The van der Waals surface area contributed by atoms with Crippen molar-refractivity contribution in [1.29, 1.82) is 0 Å². The van der Waals surface area contributed by atoms with E-state index in [0.29, 0.717) is 6.54 Å². The summed E-state index contributed by atoms with van der Waals surface area (Å²) in [6, 6.07) is 7.31. The molecule has 6 nitrogen and oxygen atoms in total. The van der Waals surface area contributed by atoms with E-state index in [1.807, 2.05) is 24.3 Å². The number of likely N-dealkylation sites (N-methyl/N-ethyl adjacent to an activating group) is 1. The van der Waals surface area contributed by atoms with Crippen LogP contribution in [0.25, 0.3) is 0 Å². The molecule has 0 saturated carbocycles. The Balaban J connectivity index is 2.20. The average molecular weight is 290 g/mol. The number of anilines is 1. The Morgan fingerprint density at radius 3 is 2.62 bits per heavy atom. The molecular formula is C15H18N2O4. The molecule has 0 aromatic heterocycles. The zero-order chi connectivity index (χ0) is 15.6. The standard InChI is InChI=1S/C15H18N2O4/c1-10(18)16(2)9-14(19)17-8-11(7-15(20)21)12-5-3-4-6-13(12)17/h3-6,11H,7-9H2,1-2H3,(H,20,21). The van der Waals surface area contributed by atoms with Crippen molar-refractivity contribution in [3.05, 3.63) is 29.8 Å². The van der Waals surface area contributed by atoms with Crippen LogP contribution in [-0.2, 0) is 14.4 Å². The van der Waals surface area contributed by atoms with Gasteiger partial charge in [-0.15, -0.1) is 0 Å². The zero-order valence-corrected chi connectivity index (χ0v) is 12.1. The van der Waals surface area contributed by atoms with Crippen molar-refractivity contribution < 1.29 is 19.5 Å². The minimum Gasteiger partial charge on any atom is -0.481 e. The number of nitrogens with zero attached hydrogens (tertiary/aromatic N) is 2. The minimum absolute atomic E-state index is 0.0105. The van der Waals surface area contributed by atoms with E-state index >= 15 is 0 Å². The van der Waals surface area contributed by atoms with Gasteiger partial charge in [0.2, 0.25) is 11.8 Å². The molecule has 0 spiro atoms. The van der Waals surface area contributed by atoms with Gasteiger partial charge in [0.25, 0.3) is 0 Å². The Hall–Kier alpha value is -2.37. The van der Waals surface area contributed by atoms with Gasteiger partial charge < -0.3 is 14.9 Å². The van der Waals surface area contributed by atoms with Crippen LogP contribution in [0.2, 0.25) is 0 Å². The lowest BCUT2D eigenvalue weighted by molar-refractivity contribution is -0.137. The molecule has 1 aliphatic rings. The molecular weight excluding hydrogens is 272 g/mol. The van der Waals surface area contributed by atoms with E-state index in [-0.39, 0.29) is 30.7 Å². The van der Waals surface area contributed by atoms with Crippen molar-refractivity contribution in [1.82, 2.24) is 4.90 Å². The number of rotatable bonds is 4. The molecule has 0 aliphatic carbocycles. The van der Waals surface area contributed by atoms with E-state index in [9.17, 15) is 14.4 Å². The van der Waals surface area contributed by atoms with Crippen LogP contribution >= 0.6 is 0 Å². The van der Waals surface area contributed by atoms with E-state index in [4.69, 9.17) is 5.11 Å². The number of carboxylic acids is 1. The van der Waals surface area contributed by atoms with Gasteiger partial charge in [-0.1, -0.05) is 18.2 Å². The van der Waals surface area contributed by atoms with E-state index in [1.54, 1.807) is 11.9 Å². The molecule has 1 aromatic rings. The largest absolute Gasteiger partial charge is 0.481 e. The Labute approximate surface area is 123 Å². The fourth-order valence-corrected chi connectivity index (χ4v) is 2.52. The third-order valence-electron chi connectivity index (χ3n) is 3.70. The number of hydrogen-bond acceptors (Lipinski definition) is 3. The summed E-state index contributed by atoms with van der Waals surface area (Å²) in [5.41, 5.74) is 1.62. The maximum Gasteiger partial charge on any atom is 0.304 e. The van der Waals surface area contributed by atoms with Crippen molar-refractivity contribution in [2.45, 2.75) is 19.3 Å². The van der Waals surface area contributed by atoms with Crippen LogP contribution in [0, 0.1) is 0 Å². The minimum atomic E-state index is -0.884. The molecule has 21 heavy (non-hydrogen) atoms. The number of benzene rings is 1. The monoisotopic (exact) mass is 290 g/mol. The number of para-hydroxylation sites is 1. The van der Waals surface area contributed by atoms with Crippen molar-refractivity contribution in [3.63, 3.8) is 0 Å². The molecule has 0 fully saturated rings. The van der Waals surface area contributed by atoms with Gasteiger partial charge in [-0.2, -0.15) is 0 Å². The lowest BCUT2D eigenvalue weighted by Gasteiger charge is -2.21. The van der Waals surface area contributed by atoms with Crippen LogP contribution in [0.1, 0.15) is 24.8 Å². The summed E-state index contributed by atoms with van der Waals surface area (Å²) in [6.07, 6.45) is -0.0106. The molecule has 112 valence electrons. The Kier molecular flexibility index (Phi) is 4.26. The first-order valence-electron chi connectivity index (χ1n) is 6.73. The summed E-state index contributed by atoms with van der Waals surface area (Å²) >= 11 is 0. The highest BCUT2D eigenvalue weighted by Gasteiger charge is 2.33. The SMILES string of the molecule is CC(=O)N(C)CC(=O)N1CC(CC(=O)O)c2ccccc21. The van der Waals surface area contributed by atoms with E-state index < -0.39 is 5.97 Å². The molecule has 2 amide bonds. The molecule has 2 rings (SSSR count). The van der Waals surface area contributed by atoms with Gasteiger partial charge in [0, 0.05) is 32.1 Å². The van der Waals surface area contributed by atoms with Crippen molar-refractivity contribution >= 4 is 23.5 Å². The van der Waals surface area contributed by atoms with Gasteiger partial charge in [-0.3, -0.25) is 14.4 Å². The van der Waals surface area contributed by atoms with Crippen LogP contribution in [0.15, 0.2) is 24.3 Å². The van der Waals surface area contributed by atoms with Crippen LogP contribution in [-0.4, -0.2) is 47.9 Å². The second-order valence-electron chi connectivity index (χ2n) is 5.23. The maximum absolute atomic E-state index is 12.3. The summed E-state index contributed by atoms with van der Waals surface area (Å²) in [5.74, 6) is -1.47. The quantitative estimate of drug-likeness (QED) is 0.899. The summed E-state index contributed by atoms with van der Waals surface area (Å²) in [7, 11) is 1.57. The van der Waals surface area contributed by atoms with Crippen molar-refractivity contribution in [2.75, 3.05) is 25.0 Å². The Morgan fingerprint density at radius 1 is 1.33 bits per heavy atom. The number of hydrogen-bond donors (Lipinski definition) is 1. The molecule has 1 heterocycles.